The molecule has 2 nitrogen and oxygen atoms in total. The zero-order valence-electron chi connectivity index (χ0n) is 7.47. The summed E-state index contributed by atoms with van der Waals surface area (Å²) in [6.07, 6.45) is 4.01. The summed E-state index contributed by atoms with van der Waals surface area (Å²) in [7, 11) is 0. The summed E-state index contributed by atoms with van der Waals surface area (Å²) in [5.41, 5.74) is 2.53. The Labute approximate surface area is 86.5 Å². The number of rotatable bonds is 1. The van der Waals surface area contributed by atoms with Gasteiger partial charge in [-0.05, 0) is 55.7 Å². The van der Waals surface area contributed by atoms with Crippen LogP contribution in [0.2, 0.25) is 0 Å². The molecule has 0 amide bonds. The second-order valence-corrected chi connectivity index (χ2v) is 4.59. The molecule has 0 bridgehead atoms. The molecule has 1 saturated carbocycles. The maximum atomic E-state index is 4.54. The smallest absolute Gasteiger partial charge is 0.0730 e. The van der Waals surface area contributed by atoms with Crippen LogP contribution in [0, 0.1) is 17.4 Å². The molecule has 1 aliphatic carbocycles. The molecule has 0 atom stereocenters. The van der Waals surface area contributed by atoms with Crippen molar-refractivity contribution in [2.24, 2.45) is 0 Å². The average molecular weight is 276 g/mol. The predicted octanol–water partition coefficient (Wildman–Crippen LogP) is 2.83. The first-order chi connectivity index (χ1) is 5.70. The topological polar surface area (TPSA) is 17.8 Å². The molecule has 0 aromatic carbocycles. The fourth-order valence-electron chi connectivity index (χ4n) is 1.63. The van der Waals surface area contributed by atoms with Crippen LogP contribution >= 0.6 is 22.6 Å². The van der Waals surface area contributed by atoms with Gasteiger partial charge >= 0.3 is 0 Å². The molecule has 0 N–H and O–H groups in total. The van der Waals surface area contributed by atoms with Gasteiger partial charge in [0.05, 0.1) is 15.3 Å². The molecular formula is C9H13IN2. The van der Waals surface area contributed by atoms with Crippen molar-refractivity contribution in [3.63, 3.8) is 0 Å². The van der Waals surface area contributed by atoms with Gasteiger partial charge in [-0.1, -0.05) is 0 Å². The third-order valence-electron chi connectivity index (χ3n) is 2.66. The fourth-order valence-corrected chi connectivity index (χ4v) is 1.98. The summed E-state index contributed by atoms with van der Waals surface area (Å²) in [5, 5.41) is 4.54. The standard InChI is InChI=1S/C9H13IN2/c1-6-9(10)7(2)12(11-6)8-4-3-5-8/h8H,3-5H2,1-2H3. The van der Waals surface area contributed by atoms with E-state index in [1.54, 1.807) is 0 Å². The Bertz CT molecular complexity index is 300. The number of halogens is 1. The van der Waals surface area contributed by atoms with Crippen LogP contribution in [0.15, 0.2) is 0 Å². The second kappa shape index (κ2) is 3.01. The first kappa shape index (κ1) is 8.53. The van der Waals surface area contributed by atoms with E-state index in [0.29, 0.717) is 6.04 Å². The Morgan fingerprint density at radius 1 is 1.42 bits per heavy atom. The normalized spacial score (nSPS) is 17.9. The number of nitrogens with zero attached hydrogens (tertiary/aromatic N) is 2. The molecule has 1 heterocycles. The van der Waals surface area contributed by atoms with Crippen molar-refractivity contribution >= 4 is 22.6 Å². The van der Waals surface area contributed by atoms with Crippen LogP contribution in [0.1, 0.15) is 36.7 Å². The first-order valence-electron chi connectivity index (χ1n) is 4.41. The third-order valence-corrected chi connectivity index (χ3v) is 4.22. The number of hydrogen-bond donors (Lipinski definition) is 0. The monoisotopic (exact) mass is 276 g/mol. The largest absolute Gasteiger partial charge is 0.265 e. The van der Waals surface area contributed by atoms with E-state index in [1.165, 1.54) is 34.2 Å². The molecule has 12 heavy (non-hydrogen) atoms. The summed E-state index contributed by atoms with van der Waals surface area (Å²) in [4.78, 5) is 0. The molecule has 1 aromatic heterocycles. The summed E-state index contributed by atoms with van der Waals surface area (Å²) in [6, 6.07) is 0.701. The molecule has 2 rings (SSSR count). The zero-order valence-corrected chi connectivity index (χ0v) is 9.63. The number of aromatic nitrogens is 2. The highest BCUT2D eigenvalue weighted by molar-refractivity contribution is 14.1. The van der Waals surface area contributed by atoms with Crippen molar-refractivity contribution in [2.45, 2.75) is 39.2 Å². The molecule has 0 aliphatic heterocycles. The van der Waals surface area contributed by atoms with Crippen molar-refractivity contribution in [2.75, 3.05) is 0 Å². The van der Waals surface area contributed by atoms with E-state index in [4.69, 9.17) is 0 Å². The molecule has 1 aromatic rings. The van der Waals surface area contributed by atoms with Crippen molar-refractivity contribution in [3.05, 3.63) is 15.0 Å². The van der Waals surface area contributed by atoms with Crippen LogP contribution in [-0.4, -0.2) is 9.78 Å². The van der Waals surface area contributed by atoms with Gasteiger partial charge in [0.25, 0.3) is 0 Å². The fraction of sp³-hybridized carbons (Fsp3) is 0.667. The minimum Gasteiger partial charge on any atom is -0.265 e. The summed E-state index contributed by atoms with van der Waals surface area (Å²) >= 11 is 2.38. The van der Waals surface area contributed by atoms with Crippen LogP contribution < -0.4 is 0 Å². The summed E-state index contributed by atoms with van der Waals surface area (Å²) in [5.74, 6) is 0. The van der Waals surface area contributed by atoms with Crippen molar-refractivity contribution in [1.29, 1.82) is 0 Å². The van der Waals surface area contributed by atoms with Gasteiger partial charge in [0.1, 0.15) is 0 Å². The van der Waals surface area contributed by atoms with Crippen LogP contribution in [0.25, 0.3) is 0 Å². The second-order valence-electron chi connectivity index (χ2n) is 3.51. The van der Waals surface area contributed by atoms with E-state index in [1.807, 2.05) is 0 Å². The lowest BCUT2D eigenvalue weighted by Crippen LogP contribution is -2.19. The minimum absolute atomic E-state index is 0.701. The van der Waals surface area contributed by atoms with E-state index in [9.17, 15) is 0 Å². The Kier molecular flexibility index (Phi) is 2.14. The van der Waals surface area contributed by atoms with E-state index < -0.39 is 0 Å². The van der Waals surface area contributed by atoms with E-state index in [0.717, 1.165) is 0 Å². The van der Waals surface area contributed by atoms with Crippen molar-refractivity contribution in [1.82, 2.24) is 9.78 Å². The van der Waals surface area contributed by atoms with Gasteiger partial charge in [0.15, 0.2) is 0 Å². The quantitative estimate of drug-likeness (QED) is 0.721. The van der Waals surface area contributed by atoms with Gasteiger partial charge in [0.2, 0.25) is 0 Å². The molecule has 0 radical (unpaired) electrons. The predicted molar refractivity (Wildman–Crippen MR) is 57.3 cm³/mol. The van der Waals surface area contributed by atoms with Crippen LogP contribution in [-0.2, 0) is 0 Å². The molecule has 1 aliphatic rings. The SMILES string of the molecule is Cc1nn(C2CCC2)c(C)c1I. The molecular weight excluding hydrogens is 263 g/mol. The van der Waals surface area contributed by atoms with Crippen molar-refractivity contribution in [3.8, 4) is 0 Å². The maximum Gasteiger partial charge on any atom is 0.0730 e. The van der Waals surface area contributed by atoms with E-state index >= 15 is 0 Å². The van der Waals surface area contributed by atoms with Gasteiger partial charge in [0, 0.05) is 5.69 Å². The van der Waals surface area contributed by atoms with Gasteiger partial charge < -0.3 is 0 Å². The van der Waals surface area contributed by atoms with Gasteiger partial charge in [-0.2, -0.15) is 5.10 Å². The lowest BCUT2D eigenvalue weighted by Gasteiger charge is -2.26. The highest BCUT2D eigenvalue weighted by Gasteiger charge is 2.23. The molecule has 0 saturated heterocycles. The lowest BCUT2D eigenvalue weighted by molar-refractivity contribution is 0.284. The highest BCUT2D eigenvalue weighted by Crippen LogP contribution is 2.33. The molecule has 0 unspecified atom stereocenters. The third kappa shape index (κ3) is 1.18. The highest BCUT2D eigenvalue weighted by atomic mass is 127. The van der Waals surface area contributed by atoms with Gasteiger partial charge in [-0.3, -0.25) is 4.68 Å². The molecule has 66 valence electrons. The number of aryl methyl sites for hydroxylation is 1. The van der Waals surface area contributed by atoms with Crippen LogP contribution in [0.3, 0.4) is 0 Å². The van der Waals surface area contributed by atoms with Gasteiger partial charge in [-0.25, -0.2) is 0 Å². The van der Waals surface area contributed by atoms with Crippen LogP contribution in [0.4, 0.5) is 0 Å². The Hall–Kier alpha value is -0.0600. The Morgan fingerprint density at radius 3 is 2.42 bits per heavy atom. The Morgan fingerprint density at radius 2 is 2.08 bits per heavy atom. The molecule has 0 spiro atoms. The molecule has 3 heteroatoms. The summed E-state index contributed by atoms with van der Waals surface area (Å²) < 4.78 is 3.54. The number of hydrogen-bond acceptors (Lipinski definition) is 1. The first-order valence-corrected chi connectivity index (χ1v) is 5.49. The Balaban J connectivity index is 2.36. The lowest BCUT2D eigenvalue weighted by atomic mass is 9.93. The zero-order chi connectivity index (χ0) is 8.72. The maximum absolute atomic E-state index is 4.54. The molecule has 1 fully saturated rings. The van der Waals surface area contributed by atoms with Crippen LogP contribution in [0.5, 0.6) is 0 Å². The van der Waals surface area contributed by atoms with E-state index in [-0.39, 0.29) is 0 Å². The van der Waals surface area contributed by atoms with Crippen molar-refractivity contribution < 1.29 is 0 Å². The average Bonchev–Trinajstić information content (AvgIpc) is 2.15. The minimum atomic E-state index is 0.701. The van der Waals surface area contributed by atoms with E-state index in [2.05, 4.69) is 46.2 Å². The van der Waals surface area contributed by atoms with Gasteiger partial charge in [-0.15, -0.1) is 0 Å². The summed E-state index contributed by atoms with van der Waals surface area (Å²) in [6.45, 7) is 4.25.